The third-order valence-corrected chi connectivity index (χ3v) is 3.79. The summed E-state index contributed by atoms with van der Waals surface area (Å²) < 4.78 is 24.5. The van der Waals surface area contributed by atoms with E-state index in [1.165, 1.54) is 24.2 Å². The molecule has 2 nitrogen and oxygen atoms in total. The maximum atomic E-state index is 12.2. The Balaban J connectivity index is 1.93. The van der Waals surface area contributed by atoms with Gasteiger partial charge in [0.1, 0.15) is 0 Å². The molecule has 0 bridgehead atoms. The van der Waals surface area contributed by atoms with Gasteiger partial charge in [0.2, 0.25) is 0 Å². The zero-order chi connectivity index (χ0) is 10.8. The number of rotatable bonds is 1. The van der Waals surface area contributed by atoms with Crippen molar-refractivity contribution in [3.63, 3.8) is 0 Å². The van der Waals surface area contributed by atoms with Gasteiger partial charge in [-0.1, -0.05) is 19.3 Å². The molecule has 2 unspecified atom stereocenters. The predicted octanol–water partition coefficient (Wildman–Crippen LogP) is 2.29. The van der Waals surface area contributed by atoms with Gasteiger partial charge in [-0.2, -0.15) is 8.78 Å². The van der Waals surface area contributed by atoms with Crippen molar-refractivity contribution in [2.24, 2.45) is 11.8 Å². The van der Waals surface area contributed by atoms with Crippen LogP contribution in [0.2, 0.25) is 0 Å². The number of amides is 1. The molecule has 2 atom stereocenters. The van der Waals surface area contributed by atoms with Crippen molar-refractivity contribution >= 4 is 5.91 Å². The molecule has 0 aromatic carbocycles. The van der Waals surface area contributed by atoms with E-state index < -0.39 is 12.3 Å². The number of halogens is 2. The number of alkyl halides is 2. The summed E-state index contributed by atoms with van der Waals surface area (Å²) in [6, 6.07) is 0. The average molecular weight is 217 g/mol. The first kappa shape index (κ1) is 10.8. The highest BCUT2D eigenvalue weighted by molar-refractivity contribution is 5.79. The standard InChI is InChI=1S/C11H17F2NO/c12-10(13)11(15)14-6-5-8-3-1-2-4-9(8)7-14/h8-10H,1-7H2. The molecule has 2 rings (SSSR count). The maximum absolute atomic E-state index is 12.2. The Labute approximate surface area is 88.6 Å². The number of hydrogen-bond acceptors (Lipinski definition) is 1. The number of nitrogens with zero attached hydrogens (tertiary/aromatic N) is 1. The minimum Gasteiger partial charge on any atom is -0.337 e. The number of fused-ring (bicyclic) bond motifs is 1. The van der Waals surface area contributed by atoms with Crippen molar-refractivity contribution in [2.75, 3.05) is 13.1 Å². The summed E-state index contributed by atoms with van der Waals surface area (Å²) in [5.41, 5.74) is 0. The summed E-state index contributed by atoms with van der Waals surface area (Å²) in [7, 11) is 0. The zero-order valence-electron chi connectivity index (χ0n) is 8.79. The van der Waals surface area contributed by atoms with E-state index in [1.807, 2.05) is 0 Å². The summed E-state index contributed by atoms with van der Waals surface area (Å²) in [6.45, 7) is 1.10. The lowest BCUT2D eigenvalue weighted by atomic mass is 9.75. The van der Waals surface area contributed by atoms with E-state index >= 15 is 0 Å². The van der Waals surface area contributed by atoms with Crippen LogP contribution in [0, 0.1) is 11.8 Å². The first-order valence-electron chi connectivity index (χ1n) is 5.75. The van der Waals surface area contributed by atoms with E-state index in [0.29, 0.717) is 24.9 Å². The Morgan fingerprint density at radius 3 is 2.47 bits per heavy atom. The molecule has 1 amide bonds. The Hall–Kier alpha value is -0.670. The fraction of sp³-hybridized carbons (Fsp3) is 0.909. The highest BCUT2D eigenvalue weighted by atomic mass is 19.3. The van der Waals surface area contributed by atoms with Crippen LogP contribution in [-0.2, 0) is 4.79 Å². The van der Waals surface area contributed by atoms with Gasteiger partial charge in [0, 0.05) is 13.1 Å². The molecule has 0 aromatic heterocycles. The van der Waals surface area contributed by atoms with Crippen LogP contribution in [0.5, 0.6) is 0 Å². The van der Waals surface area contributed by atoms with Crippen LogP contribution in [0.1, 0.15) is 32.1 Å². The van der Waals surface area contributed by atoms with Gasteiger partial charge in [0.05, 0.1) is 0 Å². The van der Waals surface area contributed by atoms with Gasteiger partial charge in [-0.15, -0.1) is 0 Å². The van der Waals surface area contributed by atoms with E-state index in [0.717, 1.165) is 12.8 Å². The van der Waals surface area contributed by atoms with Crippen LogP contribution >= 0.6 is 0 Å². The van der Waals surface area contributed by atoms with Crippen molar-refractivity contribution in [3.05, 3.63) is 0 Å². The molecule has 1 aliphatic heterocycles. The molecule has 1 saturated heterocycles. The number of carbonyl (C=O) groups is 1. The monoisotopic (exact) mass is 217 g/mol. The number of likely N-dealkylation sites (tertiary alicyclic amines) is 1. The molecule has 0 aromatic rings. The van der Waals surface area contributed by atoms with Gasteiger partial charge in [-0.05, 0) is 24.7 Å². The highest BCUT2D eigenvalue weighted by Crippen LogP contribution is 2.36. The van der Waals surface area contributed by atoms with E-state index in [4.69, 9.17) is 0 Å². The SMILES string of the molecule is O=C(C(F)F)N1CCC2CCCCC2C1. The van der Waals surface area contributed by atoms with E-state index in [1.54, 1.807) is 0 Å². The third kappa shape index (κ3) is 2.29. The van der Waals surface area contributed by atoms with Crippen LogP contribution in [0.4, 0.5) is 8.78 Å². The minimum absolute atomic E-state index is 0.482. The summed E-state index contributed by atoms with van der Waals surface area (Å²) in [6.07, 6.45) is 2.88. The molecule has 0 spiro atoms. The molecule has 86 valence electrons. The number of carbonyl (C=O) groups excluding carboxylic acids is 1. The highest BCUT2D eigenvalue weighted by Gasteiger charge is 2.34. The van der Waals surface area contributed by atoms with Gasteiger partial charge in [-0.3, -0.25) is 4.79 Å². The van der Waals surface area contributed by atoms with Gasteiger partial charge >= 0.3 is 6.43 Å². The van der Waals surface area contributed by atoms with Gasteiger partial charge in [-0.25, -0.2) is 0 Å². The molecule has 1 heterocycles. The van der Waals surface area contributed by atoms with Crippen molar-refractivity contribution < 1.29 is 13.6 Å². The predicted molar refractivity (Wildman–Crippen MR) is 52.6 cm³/mol. The maximum Gasteiger partial charge on any atom is 0.315 e. The van der Waals surface area contributed by atoms with Crippen LogP contribution in [0.15, 0.2) is 0 Å². The second-order valence-corrected chi connectivity index (χ2v) is 4.68. The van der Waals surface area contributed by atoms with Crippen molar-refractivity contribution in [1.82, 2.24) is 4.90 Å². The summed E-state index contributed by atoms with van der Waals surface area (Å²) >= 11 is 0. The van der Waals surface area contributed by atoms with Crippen molar-refractivity contribution in [2.45, 2.75) is 38.5 Å². The lowest BCUT2D eigenvalue weighted by Gasteiger charge is -2.41. The molecular formula is C11H17F2NO. The number of hydrogen-bond donors (Lipinski definition) is 0. The molecule has 2 fully saturated rings. The fourth-order valence-electron chi connectivity index (χ4n) is 2.94. The number of piperidine rings is 1. The molecule has 0 radical (unpaired) electrons. The third-order valence-electron chi connectivity index (χ3n) is 3.79. The lowest BCUT2D eigenvalue weighted by molar-refractivity contribution is -0.146. The normalized spacial score (nSPS) is 31.5. The van der Waals surface area contributed by atoms with Gasteiger partial charge < -0.3 is 4.90 Å². The summed E-state index contributed by atoms with van der Waals surface area (Å²) in [4.78, 5) is 12.5. The van der Waals surface area contributed by atoms with Gasteiger partial charge in [0.15, 0.2) is 0 Å². The molecule has 1 aliphatic carbocycles. The second-order valence-electron chi connectivity index (χ2n) is 4.68. The molecule has 0 N–H and O–H groups in total. The molecule has 2 aliphatic rings. The van der Waals surface area contributed by atoms with Crippen molar-refractivity contribution in [1.29, 1.82) is 0 Å². The smallest absolute Gasteiger partial charge is 0.315 e. The Morgan fingerprint density at radius 1 is 1.13 bits per heavy atom. The average Bonchev–Trinajstić information content (AvgIpc) is 2.27. The van der Waals surface area contributed by atoms with Gasteiger partial charge in [0.25, 0.3) is 5.91 Å². The largest absolute Gasteiger partial charge is 0.337 e. The van der Waals surface area contributed by atoms with Crippen LogP contribution in [-0.4, -0.2) is 30.3 Å². The molecule has 4 heteroatoms. The van der Waals surface area contributed by atoms with Crippen molar-refractivity contribution in [3.8, 4) is 0 Å². The summed E-state index contributed by atoms with van der Waals surface area (Å²) in [5, 5.41) is 0. The van der Waals surface area contributed by atoms with E-state index in [-0.39, 0.29) is 0 Å². The lowest BCUT2D eigenvalue weighted by Crippen LogP contribution is -2.46. The molecule has 15 heavy (non-hydrogen) atoms. The Morgan fingerprint density at radius 2 is 1.80 bits per heavy atom. The van der Waals surface area contributed by atoms with Crippen LogP contribution in [0.3, 0.4) is 0 Å². The first-order chi connectivity index (χ1) is 7.18. The topological polar surface area (TPSA) is 20.3 Å². The summed E-state index contributed by atoms with van der Waals surface area (Å²) in [5.74, 6) is 0.190. The Bertz CT molecular complexity index is 245. The molecular weight excluding hydrogens is 200 g/mol. The quantitative estimate of drug-likeness (QED) is 0.660. The zero-order valence-corrected chi connectivity index (χ0v) is 8.79. The first-order valence-corrected chi connectivity index (χ1v) is 5.75. The molecule has 1 saturated carbocycles. The van der Waals surface area contributed by atoms with E-state index in [9.17, 15) is 13.6 Å². The fourth-order valence-corrected chi connectivity index (χ4v) is 2.94. The van der Waals surface area contributed by atoms with Crippen LogP contribution < -0.4 is 0 Å². The minimum atomic E-state index is -2.83. The Kier molecular flexibility index (Phi) is 3.22. The van der Waals surface area contributed by atoms with Crippen LogP contribution in [0.25, 0.3) is 0 Å². The second kappa shape index (κ2) is 4.45. The van der Waals surface area contributed by atoms with E-state index in [2.05, 4.69) is 0 Å².